The van der Waals surface area contributed by atoms with Crippen LogP contribution < -0.4 is 14.5 Å². The average Bonchev–Trinajstić information content (AvgIpc) is 3.74. The lowest BCUT2D eigenvalue weighted by atomic mass is 9.95. The molecule has 9 heteroatoms. The summed E-state index contributed by atoms with van der Waals surface area (Å²) in [5.74, 6) is 0.734. The monoisotopic (exact) mass is 579 g/mol. The molecule has 9 nitrogen and oxygen atoms in total. The fourth-order valence-corrected chi connectivity index (χ4v) is 6.87. The Morgan fingerprint density at radius 3 is 2.67 bits per heavy atom. The van der Waals surface area contributed by atoms with E-state index >= 15 is 0 Å². The van der Waals surface area contributed by atoms with Crippen molar-refractivity contribution in [2.24, 2.45) is 0 Å². The summed E-state index contributed by atoms with van der Waals surface area (Å²) in [5.41, 5.74) is 4.32. The Morgan fingerprint density at radius 2 is 1.98 bits per heavy atom. The number of hydrogen-bond donors (Lipinski definition) is 0. The number of likely N-dealkylation sites (N-methyl/N-ethyl adjacent to an activating group) is 1. The van der Waals surface area contributed by atoms with Crippen molar-refractivity contribution < 1.29 is 9.53 Å². The lowest BCUT2D eigenvalue weighted by Crippen LogP contribution is -2.55. The number of ether oxygens (including phenoxy) is 1. The van der Waals surface area contributed by atoms with Crippen molar-refractivity contribution in [3.05, 3.63) is 65.9 Å². The Morgan fingerprint density at radius 1 is 1.21 bits per heavy atom. The standard InChI is InChI=1S/C34H41N7O2/c1-6-30(42)40-18-17-39(20-26(40)13-16-35)32-27-19-24(3)41(29-12-8-11-25-10-7-9-23(2)31(25)29)21-28(27)36-33(37-32)43-34(14-15-34)22-38(4)5/h6-12,24,26H,1,13-15,17-22H2,2-5H3/t24?,26-/m0/s1. The van der Waals surface area contributed by atoms with Gasteiger partial charge in [-0.15, -0.1) is 0 Å². The van der Waals surface area contributed by atoms with Gasteiger partial charge in [0.15, 0.2) is 0 Å². The van der Waals surface area contributed by atoms with E-state index in [9.17, 15) is 10.1 Å². The minimum atomic E-state index is -0.262. The molecule has 2 atom stereocenters. The molecule has 2 aromatic carbocycles. The van der Waals surface area contributed by atoms with Gasteiger partial charge in [0.25, 0.3) is 0 Å². The van der Waals surface area contributed by atoms with Gasteiger partial charge in [-0.05, 0) is 70.3 Å². The third-order valence-corrected chi connectivity index (χ3v) is 9.09. The summed E-state index contributed by atoms with van der Waals surface area (Å²) >= 11 is 0. The molecule has 0 radical (unpaired) electrons. The van der Waals surface area contributed by atoms with Gasteiger partial charge in [-0.3, -0.25) is 4.79 Å². The third-order valence-electron chi connectivity index (χ3n) is 9.09. The SMILES string of the molecule is C=CC(=O)N1CCN(c2nc(OC3(CN(C)C)CC3)nc3c2CC(C)N(c2cccc4cccc(C)c24)C3)C[C@@H]1CC#N. The molecule has 1 aromatic heterocycles. The second-order valence-corrected chi connectivity index (χ2v) is 12.6. The quantitative estimate of drug-likeness (QED) is 0.361. The first kappa shape index (κ1) is 28.9. The molecular weight excluding hydrogens is 538 g/mol. The molecule has 3 heterocycles. The molecule has 3 aromatic rings. The van der Waals surface area contributed by atoms with E-state index in [2.05, 4.69) is 91.7 Å². The minimum Gasteiger partial charge on any atom is -0.455 e. The summed E-state index contributed by atoms with van der Waals surface area (Å²) in [4.78, 5) is 31.4. The zero-order valence-electron chi connectivity index (χ0n) is 25.7. The van der Waals surface area contributed by atoms with Crippen LogP contribution in [-0.2, 0) is 17.8 Å². The molecule has 43 heavy (non-hydrogen) atoms. The number of rotatable bonds is 8. The van der Waals surface area contributed by atoms with Crippen LogP contribution >= 0.6 is 0 Å². The van der Waals surface area contributed by atoms with Crippen molar-refractivity contribution in [2.45, 2.75) is 63.8 Å². The zero-order valence-corrected chi connectivity index (χ0v) is 25.7. The molecule has 0 spiro atoms. The average molecular weight is 580 g/mol. The number of nitrogens with zero attached hydrogens (tertiary/aromatic N) is 7. The van der Waals surface area contributed by atoms with Gasteiger partial charge < -0.3 is 24.3 Å². The van der Waals surface area contributed by atoms with Crippen molar-refractivity contribution in [1.29, 1.82) is 5.26 Å². The maximum Gasteiger partial charge on any atom is 0.319 e. The number of fused-ring (bicyclic) bond motifs is 2. The summed E-state index contributed by atoms with van der Waals surface area (Å²) in [6.45, 7) is 11.2. The van der Waals surface area contributed by atoms with E-state index in [1.54, 1.807) is 4.90 Å². The Bertz CT molecular complexity index is 1590. The number of carbonyl (C=O) groups excluding carboxylic acids is 1. The van der Waals surface area contributed by atoms with Crippen LogP contribution in [0.2, 0.25) is 0 Å². The van der Waals surface area contributed by atoms with Gasteiger partial charge in [0.05, 0.1) is 30.8 Å². The molecule has 3 aliphatic rings. The minimum absolute atomic E-state index is 0.136. The van der Waals surface area contributed by atoms with Gasteiger partial charge >= 0.3 is 6.01 Å². The van der Waals surface area contributed by atoms with Crippen LogP contribution in [0, 0.1) is 18.3 Å². The zero-order chi connectivity index (χ0) is 30.3. The first-order chi connectivity index (χ1) is 20.7. The summed E-state index contributed by atoms with van der Waals surface area (Å²) in [5, 5.41) is 12.1. The molecule has 0 bridgehead atoms. The number of aryl methyl sites for hydroxylation is 1. The van der Waals surface area contributed by atoms with Crippen molar-refractivity contribution in [3.63, 3.8) is 0 Å². The molecule has 224 valence electrons. The van der Waals surface area contributed by atoms with E-state index < -0.39 is 0 Å². The molecule has 1 aliphatic carbocycles. The second kappa shape index (κ2) is 11.5. The number of benzene rings is 2. The summed E-state index contributed by atoms with van der Waals surface area (Å²) in [6, 6.07) is 15.7. The molecule has 0 N–H and O–H groups in total. The topological polar surface area (TPSA) is 88.8 Å². The van der Waals surface area contributed by atoms with E-state index in [0.29, 0.717) is 32.2 Å². The predicted octanol–water partition coefficient (Wildman–Crippen LogP) is 4.48. The number of piperazine rings is 1. The molecule has 1 unspecified atom stereocenters. The van der Waals surface area contributed by atoms with Crippen LogP contribution in [0.1, 0.15) is 43.0 Å². The highest BCUT2D eigenvalue weighted by Gasteiger charge is 2.47. The molecule has 1 amide bonds. The normalized spacial score (nSPS) is 21.0. The summed E-state index contributed by atoms with van der Waals surface area (Å²) in [6.07, 6.45) is 4.33. The maximum atomic E-state index is 12.6. The fourth-order valence-electron chi connectivity index (χ4n) is 6.87. The summed E-state index contributed by atoms with van der Waals surface area (Å²) in [7, 11) is 4.13. The number of nitriles is 1. The number of aromatic nitrogens is 2. The van der Waals surface area contributed by atoms with Crippen LogP contribution in [0.4, 0.5) is 11.5 Å². The van der Waals surface area contributed by atoms with E-state index in [0.717, 1.165) is 42.9 Å². The fraction of sp³-hybridized carbons (Fsp3) is 0.471. The van der Waals surface area contributed by atoms with E-state index in [-0.39, 0.29) is 30.0 Å². The second-order valence-electron chi connectivity index (χ2n) is 12.6. The van der Waals surface area contributed by atoms with Gasteiger partial charge in [0, 0.05) is 48.9 Å². The van der Waals surface area contributed by atoms with Crippen molar-refractivity contribution in [1.82, 2.24) is 19.8 Å². The predicted molar refractivity (Wildman–Crippen MR) is 169 cm³/mol. The van der Waals surface area contributed by atoms with E-state index in [1.807, 2.05) is 0 Å². The Hall–Kier alpha value is -4.16. The van der Waals surface area contributed by atoms with E-state index in [4.69, 9.17) is 14.7 Å². The van der Waals surface area contributed by atoms with Crippen LogP contribution in [-0.4, -0.2) is 83.6 Å². The van der Waals surface area contributed by atoms with Crippen LogP contribution in [0.5, 0.6) is 6.01 Å². The Balaban J connectivity index is 1.40. The van der Waals surface area contributed by atoms with Crippen molar-refractivity contribution in [3.8, 4) is 12.1 Å². The smallest absolute Gasteiger partial charge is 0.319 e. The Kier molecular flexibility index (Phi) is 7.74. The first-order valence-corrected chi connectivity index (χ1v) is 15.3. The number of carbonyl (C=O) groups is 1. The van der Waals surface area contributed by atoms with Crippen molar-refractivity contribution >= 4 is 28.2 Å². The van der Waals surface area contributed by atoms with Gasteiger partial charge in [-0.25, -0.2) is 0 Å². The summed E-state index contributed by atoms with van der Waals surface area (Å²) < 4.78 is 6.59. The van der Waals surface area contributed by atoms with Crippen molar-refractivity contribution in [2.75, 3.05) is 50.1 Å². The molecule has 1 saturated carbocycles. The lowest BCUT2D eigenvalue weighted by Gasteiger charge is -2.43. The van der Waals surface area contributed by atoms with Gasteiger partial charge in [-0.2, -0.15) is 15.2 Å². The molecule has 2 aliphatic heterocycles. The molecule has 6 rings (SSSR count). The van der Waals surface area contributed by atoms with Crippen LogP contribution in [0.15, 0.2) is 49.1 Å². The Labute approximate surface area is 254 Å². The molecule has 1 saturated heterocycles. The number of hydrogen-bond acceptors (Lipinski definition) is 8. The number of amides is 1. The molecular formula is C34H41N7O2. The highest BCUT2D eigenvalue weighted by molar-refractivity contribution is 5.97. The first-order valence-electron chi connectivity index (χ1n) is 15.3. The highest BCUT2D eigenvalue weighted by atomic mass is 16.5. The largest absolute Gasteiger partial charge is 0.455 e. The van der Waals surface area contributed by atoms with Crippen LogP contribution in [0.3, 0.4) is 0 Å². The van der Waals surface area contributed by atoms with Gasteiger partial charge in [0.1, 0.15) is 11.4 Å². The lowest BCUT2D eigenvalue weighted by molar-refractivity contribution is -0.128. The molecule has 2 fully saturated rings. The number of anilines is 2. The van der Waals surface area contributed by atoms with Crippen LogP contribution in [0.25, 0.3) is 10.8 Å². The van der Waals surface area contributed by atoms with Gasteiger partial charge in [0.2, 0.25) is 5.91 Å². The highest BCUT2D eigenvalue weighted by Crippen LogP contribution is 2.42. The maximum absolute atomic E-state index is 12.6. The van der Waals surface area contributed by atoms with Gasteiger partial charge in [-0.1, -0.05) is 36.9 Å². The van der Waals surface area contributed by atoms with E-state index in [1.165, 1.54) is 28.1 Å². The third kappa shape index (κ3) is 5.64.